The second-order valence-corrected chi connectivity index (χ2v) is 4.72. The molecular weight excluding hydrogens is 206 g/mol. The first kappa shape index (κ1) is 10.4. The zero-order valence-electron chi connectivity index (χ0n) is 8.95. The maximum Gasteiger partial charge on any atom is 0.147 e. The van der Waals surface area contributed by atoms with Crippen LogP contribution in [0.15, 0.2) is 23.7 Å². The predicted molar refractivity (Wildman–Crippen MR) is 63.9 cm³/mol. The van der Waals surface area contributed by atoms with E-state index in [1.807, 2.05) is 12.3 Å². The zero-order valence-corrected chi connectivity index (χ0v) is 9.77. The fourth-order valence-corrected chi connectivity index (χ4v) is 1.98. The Labute approximate surface area is 93.6 Å². The molecule has 0 atom stereocenters. The maximum atomic E-state index is 4.35. The van der Waals surface area contributed by atoms with Crippen molar-refractivity contribution in [3.63, 3.8) is 0 Å². The van der Waals surface area contributed by atoms with Crippen molar-refractivity contribution >= 4 is 11.3 Å². The topological polar surface area (TPSA) is 40.7 Å². The summed E-state index contributed by atoms with van der Waals surface area (Å²) in [6.07, 6.45) is 1.89. The molecule has 2 heterocycles. The Hall–Kier alpha value is -1.13. The highest BCUT2D eigenvalue weighted by atomic mass is 32.1. The number of imidazole rings is 1. The van der Waals surface area contributed by atoms with Crippen molar-refractivity contribution in [2.75, 3.05) is 0 Å². The van der Waals surface area contributed by atoms with Crippen molar-refractivity contribution in [2.24, 2.45) is 0 Å². The smallest absolute Gasteiger partial charge is 0.147 e. The highest BCUT2D eigenvalue weighted by Crippen LogP contribution is 2.21. The lowest BCUT2D eigenvalue weighted by atomic mass is 10.3. The summed E-state index contributed by atoms with van der Waals surface area (Å²) in [5.74, 6) is 0.963. The molecular formula is C11H15N3S. The minimum absolute atomic E-state index is 0.499. The number of nitrogens with zero attached hydrogens (tertiary/aromatic N) is 1. The summed E-state index contributed by atoms with van der Waals surface area (Å²) < 4.78 is 0. The number of nitrogens with one attached hydrogen (secondary N) is 2. The molecule has 4 heteroatoms. The van der Waals surface area contributed by atoms with Gasteiger partial charge in [-0.1, -0.05) is 19.9 Å². The number of H-pyrrole nitrogens is 1. The van der Waals surface area contributed by atoms with Gasteiger partial charge in [-0.25, -0.2) is 4.98 Å². The monoisotopic (exact) mass is 221 g/mol. The Balaban J connectivity index is 2.04. The van der Waals surface area contributed by atoms with Gasteiger partial charge in [0.15, 0.2) is 0 Å². The molecule has 0 unspecified atom stereocenters. The van der Waals surface area contributed by atoms with E-state index in [2.05, 4.69) is 40.6 Å². The second kappa shape index (κ2) is 4.59. The van der Waals surface area contributed by atoms with E-state index in [0.717, 1.165) is 18.1 Å². The van der Waals surface area contributed by atoms with Crippen molar-refractivity contribution in [1.82, 2.24) is 15.3 Å². The SMILES string of the molecule is CC(C)NCc1cnc(-c2cccs2)[nH]1. The fraction of sp³-hybridized carbons (Fsp3) is 0.364. The number of aromatic amines is 1. The Morgan fingerprint density at radius 2 is 2.40 bits per heavy atom. The van der Waals surface area contributed by atoms with Gasteiger partial charge in [-0.05, 0) is 11.4 Å². The highest BCUT2D eigenvalue weighted by molar-refractivity contribution is 7.13. The van der Waals surface area contributed by atoms with Crippen LogP contribution in [0.2, 0.25) is 0 Å². The number of thiophene rings is 1. The van der Waals surface area contributed by atoms with Gasteiger partial charge in [0.05, 0.1) is 4.88 Å². The second-order valence-electron chi connectivity index (χ2n) is 3.77. The Bertz CT molecular complexity index is 403. The van der Waals surface area contributed by atoms with E-state index in [0.29, 0.717) is 6.04 Å². The third-order valence-corrected chi connectivity index (χ3v) is 2.96. The quantitative estimate of drug-likeness (QED) is 0.833. The average molecular weight is 221 g/mol. The van der Waals surface area contributed by atoms with Gasteiger partial charge in [0.2, 0.25) is 0 Å². The molecule has 0 aliphatic carbocycles. The fourth-order valence-electron chi connectivity index (χ4n) is 1.30. The molecule has 0 bridgehead atoms. The first-order valence-electron chi connectivity index (χ1n) is 5.07. The Kier molecular flexibility index (Phi) is 3.18. The van der Waals surface area contributed by atoms with Gasteiger partial charge in [-0.15, -0.1) is 11.3 Å². The first-order valence-corrected chi connectivity index (χ1v) is 5.95. The maximum absolute atomic E-state index is 4.35. The van der Waals surface area contributed by atoms with Crippen molar-refractivity contribution in [3.05, 3.63) is 29.4 Å². The molecule has 2 N–H and O–H groups in total. The van der Waals surface area contributed by atoms with Gasteiger partial charge < -0.3 is 10.3 Å². The molecule has 0 saturated carbocycles. The molecule has 0 saturated heterocycles. The molecule has 0 radical (unpaired) electrons. The number of hydrogen-bond acceptors (Lipinski definition) is 3. The molecule has 0 spiro atoms. The van der Waals surface area contributed by atoms with Crippen LogP contribution in [0.1, 0.15) is 19.5 Å². The van der Waals surface area contributed by atoms with Gasteiger partial charge in [-0.3, -0.25) is 0 Å². The largest absolute Gasteiger partial charge is 0.340 e. The van der Waals surface area contributed by atoms with E-state index in [9.17, 15) is 0 Å². The molecule has 0 amide bonds. The first-order chi connectivity index (χ1) is 7.25. The number of hydrogen-bond donors (Lipinski definition) is 2. The lowest BCUT2D eigenvalue weighted by Crippen LogP contribution is -2.21. The Morgan fingerprint density at radius 3 is 3.07 bits per heavy atom. The van der Waals surface area contributed by atoms with Gasteiger partial charge >= 0.3 is 0 Å². The summed E-state index contributed by atoms with van der Waals surface area (Å²) >= 11 is 1.70. The van der Waals surface area contributed by atoms with Crippen LogP contribution >= 0.6 is 11.3 Å². The number of aromatic nitrogens is 2. The van der Waals surface area contributed by atoms with Crippen molar-refractivity contribution in [2.45, 2.75) is 26.4 Å². The van der Waals surface area contributed by atoms with Crippen molar-refractivity contribution < 1.29 is 0 Å². The van der Waals surface area contributed by atoms with Crippen LogP contribution in [-0.2, 0) is 6.54 Å². The molecule has 2 rings (SSSR count). The molecule has 15 heavy (non-hydrogen) atoms. The standard InChI is InChI=1S/C11H15N3S/c1-8(2)12-6-9-7-13-11(14-9)10-4-3-5-15-10/h3-5,7-8,12H,6H2,1-2H3,(H,13,14). The van der Waals surface area contributed by atoms with Gasteiger partial charge in [-0.2, -0.15) is 0 Å². The molecule has 3 nitrogen and oxygen atoms in total. The van der Waals surface area contributed by atoms with Crippen LogP contribution in [0.25, 0.3) is 10.7 Å². The van der Waals surface area contributed by atoms with Gasteiger partial charge in [0.1, 0.15) is 5.82 Å². The van der Waals surface area contributed by atoms with E-state index in [1.54, 1.807) is 11.3 Å². The van der Waals surface area contributed by atoms with Crippen LogP contribution < -0.4 is 5.32 Å². The van der Waals surface area contributed by atoms with Crippen molar-refractivity contribution in [3.8, 4) is 10.7 Å². The minimum Gasteiger partial charge on any atom is -0.340 e. The van der Waals surface area contributed by atoms with E-state index in [1.165, 1.54) is 4.88 Å². The van der Waals surface area contributed by atoms with E-state index >= 15 is 0 Å². The zero-order chi connectivity index (χ0) is 10.7. The highest BCUT2D eigenvalue weighted by Gasteiger charge is 2.04. The van der Waals surface area contributed by atoms with Crippen LogP contribution in [0.3, 0.4) is 0 Å². The van der Waals surface area contributed by atoms with Gasteiger partial charge in [0.25, 0.3) is 0 Å². The third kappa shape index (κ3) is 2.67. The summed E-state index contributed by atoms with van der Waals surface area (Å²) in [6.45, 7) is 5.11. The molecule has 2 aromatic heterocycles. The van der Waals surface area contributed by atoms with Crippen LogP contribution in [0, 0.1) is 0 Å². The van der Waals surface area contributed by atoms with E-state index in [4.69, 9.17) is 0 Å². The molecule has 80 valence electrons. The Morgan fingerprint density at radius 1 is 1.53 bits per heavy atom. The van der Waals surface area contributed by atoms with E-state index in [-0.39, 0.29) is 0 Å². The predicted octanol–water partition coefficient (Wildman–Crippen LogP) is 2.64. The molecule has 0 aliphatic rings. The third-order valence-electron chi connectivity index (χ3n) is 2.08. The number of rotatable bonds is 4. The summed E-state index contributed by atoms with van der Waals surface area (Å²) in [5.41, 5.74) is 1.13. The summed E-state index contributed by atoms with van der Waals surface area (Å²) in [5, 5.41) is 5.41. The normalized spacial score (nSPS) is 11.1. The van der Waals surface area contributed by atoms with Crippen LogP contribution in [0.4, 0.5) is 0 Å². The summed E-state index contributed by atoms with van der Waals surface area (Å²) in [4.78, 5) is 8.85. The van der Waals surface area contributed by atoms with E-state index < -0.39 is 0 Å². The van der Waals surface area contributed by atoms with Gasteiger partial charge in [0, 0.05) is 24.5 Å². The summed E-state index contributed by atoms with van der Waals surface area (Å²) in [7, 11) is 0. The average Bonchev–Trinajstić information content (AvgIpc) is 2.85. The molecule has 2 aromatic rings. The molecule has 0 aromatic carbocycles. The molecule has 0 fully saturated rings. The van der Waals surface area contributed by atoms with Crippen molar-refractivity contribution in [1.29, 1.82) is 0 Å². The van der Waals surface area contributed by atoms with Crippen LogP contribution in [0.5, 0.6) is 0 Å². The van der Waals surface area contributed by atoms with Crippen LogP contribution in [-0.4, -0.2) is 16.0 Å². The lowest BCUT2D eigenvalue weighted by Gasteiger charge is -2.05. The lowest BCUT2D eigenvalue weighted by molar-refractivity contribution is 0.583. The molecule has 0 aliphatic heterocycles. The minimum atomic E-state index is 0.499. The summed E-state index contributed by atoms with van der Waals surface area (Å²) in [6, 6.07) is 4.61.